The fraction of sp³-hybridized carbons (Fsp3) is 0.800. The average Bonchev–Trinajstić information content (AvgIpc) is 2.71. The molecule has 1 atom stereocenters. The van der Waals surface area contributed by atoms with Gasteiger partial charge in [0, 0.05) is 18.8 Å². The number of nitrogens with one attached hydrogen (secondary N) is 2. The van der Waals surface area contributed by atoms with E-state index < -0.39 is 6.03 Å². The Hall–Kier alpha value is -0.770. The Kier molecular flexibility index (Phi) is 3.97. The van der Waals surface area contributed by atoms with Gasteiger partial charge in [0.1, 0.15) is 0 Å². The van der Waals surface area contributed by atoms with Gasteiger partial charge in [0.15, 0.2) is 0 Å². The third-order valence-corrected chi connectivity index (χ3v) is 2.99. The third-order valence-electron chi connectivity index (χ3n) is 2.80. The molecule has 4 nitrogen and oxygen atoms in total. The molecule has 86 valence electrons. The zero-order valence-electron chi connectivity index (χ0n) is 9.10. The lowest BCUT2D eigenvalue weighted by atomic mass is 10.1. The van der Waals surface area contributed by atoms with Crippen molar-refractivity contribution in [2.45, 2.75) is 26.7 Å². The van der Waals surface area contributed by atoms with Crippen molar-refractivity contribution in [1.29, 1.82) is 0 Å². The number of carbonyl (C=O) groups excluding carboxylic acids is 2. The van der Waals surface area contributed by atoms with Crippen molar-refractivity contribution in [3.63, 3.8) is 0 Å². The summed E-state index contributed by atoms with van der Waals surface area (Å²) < 4.78 is 0. The highest BCUT2D eigenvalue weighted by atomic mass is 35.5. The van der Waals surface area contributed by atoms with E-state index in [1.165, 1.54) is 0 Å². The normalized spacial score (nSPS) is 21.9. The minimum atomic E-state index is -0.423. The topological polar surface area (TPSA) is 58.2 Å². The molecular formula is C10H17ClN2O2. The lowest BCUT2D eigenvalue weighted by molar-refractivity contribution is -0.119. The van der Waals surface area contributed by atoms with Gasteiger partial charge in [-0.2, -0.15) is 0 Å². The van der Waals surface area contributed by atoms with Gasteiger partial charge in [0.25, 0.3) is 0 Å². The Balaban J connectivity index is 2.12. The van der Waals surface area contributed by atoms with Crippen molar-refractivity contribution < 1.29 is 9.59 Å². The maximum absolute atomic E-state index is 11.2. The van der Waals surface area contributed by atoms with Crippen LogP contribution in [0.5, 0.6) is 0 Å². The average molecular weight is 233 g/mol. The molecule has 0 spiro atoms. The van der Waals surface area contributed by atoms with Crippen molar-refractivity contribution >= 4 is 23.5 Å². The van der Waals surface area contributed by atoms with Crippen molar-refractivity contribution in [2.75, 3.05) is 12.4 Å². The van der Waals surface area contributed by atoms with Gasteiger partial charge in [-0.05, 0) is 17.8 Å². The molecular weight excluding hydrogens is 216 g/mol. The maximum atomic E-state index is 11.2. The molecule has 1 rings (SSSR count). The summed E-state index contributed by atoms with van der Waals surface area (Å²) in [6.45, 7) is 4.96. The number of urea groups is 1. The molecule has 5 heteroatoms. The van der Waals surface area contributed by atoms with E-state index in [0.717, 1.165) is 6.42 Å². The van der Waals surface area contributed by atoms with Gasteiger partial charge < -0.3 is 5.32 Å². The maximum Gasteiger partial charge on any atom is 0.321 e. The molecule has 1 aliphatic rings. The molecule has 0 aliphatic heterocycles. The number of amides is 3. The summed E-state index contributed by atoms with van der Waals surface area (Å²) in [5.74, 6) is 0.429. The van der Waals surface area contributed by atoms with E-state index in [-0.39, 0.29) is 18.2 Å². The van der Waals surface area contributed by atoms with E-state index in [2.05, 4.69) is 24.5 Å². The number of rotatable bonds is 4. The fourth-order valence-corrected chi connectivity index (χ4v) is 1.63. The lowest BCUT2D eigenvalue weighted by Crippen LogP contribution is -2.40. The number of imide groups is 1. The number of hydrogen-bond acceptors (Lipinski definition) is 2. The van der Waals surface area contributed by atoms with Crippen LogP contribution in [0.25, 0.3) is 0 Å². The van der Waals surface area contributed by atoms with Crippen LogP contribution in [0.3, 0.4) is 0 Å². The molecule has 0 bridgehead atoms. The highest BCUT2D eigenvalue weighted by molar-refractivity contribution is 6.19. The highest BCUT2D eigenvalue weighted by Crippen LogP contribution is 2.50. The third kappa shape index (κ3) is 4.08. The molecule has 1 fully saturated rings. The molecule has 0 aromatic heterocycles. The van der Waals surface area contributed by atoms with E-state index in [4.69, 9.17) is 11.6 Å². The molecule has 1 unspecified atom stereocenters. The second-order valence-electron chi connectivity index (χ2n) is 4.59. The van der Waals surface area contributed by atoms with Crippen LogP contribution in [0.15, 0.2) is 0 Å². The Labute approximate surface area is 94.7 Å². The first-order valence-electron chi connectivity index (χ1n) is 5.09. The first-order chi connectivity index (χ1) is 6.95. The number of halogens is 1. The van der Waals surface area contributed by atoms with Crippen LogP contribution in [0.1, 0.15) is 26.7 Å². The van der Waals surface area contributed by atoms with E-state index in [9.17, 15) is 9.59 Å². The van der Waals surface area contributed by atoms with Crippen molar-refractivity contribution in [1.82, 2.24) is 10.6 Å². The molecule has 15 heavy (non-hydrogen) atoms. The van der Waals surface area contributed by atoms with E-state index in [1.807, 2.05) is 0 Å². The van der Waals surface area contributed by atoms with Crippen molar-refractivity contribution in [3.8, 4) is 0 Å². The highest BCUT2D eigenvalue weighted by Gasteiger charge is 2.45. The Morgan fingerprint density at radius 3 is 2.53 bits per heavy atom. The van der Waals surface area contributed by atoms with Crippen molar-refractivity contribution in [3.05, 3.63) is 0 Å². The van der Waals surface area contributed by atoms with E-state index >= 15 is 0 Å². The first-order valence-corrected chi connectivity index (χ1v) is 5.63. The van der Waals surface area contributed by atoms with Gasteiger partial charge in [-0.15, -0.1) is 11.6 Å². The molecule has 0 heterocycles. The van der Waals surface area contributed by atoms with Gasteiger partial charge in [0.2, 0.25) is 5.91 Å². The zero-order valence-corrected chi connectivity index (χ0v) is 9.86. The van der Waals surface area contributed by atoms with Crippen LogP contribution in [0.4, 0.5) is 4.79 Å². The SMILES string of the molecule is CC1(C)CC1CNC(=O)NC(=O)CCCl. The molecule has 0 aromatic rings. The molecule has 3 amide bonds. The molecule has 1 aliphatic carbocycles. The predicted octanol–water partition coefficient (Wildman–Crippen LogP) is 1.49. The Bertz CT molecular complexity index is 266. The predicted molar refractivity (Wildman–Crippen MR) is 58.8 cm³/mol. The number of hydrogen-bond donors (Lipinski definition) is 2. The van der Waals surface area contributed by atoms with Gasteiger partial charge in [0.05, 0.1) is 0 Å². The van der Waals surface area contributed by atoms with Crippen LogP contribution in [-0.2, 0) is 4.79 Å². The minimum Gasteiger partial charge on any atom is -0.337 e. The summed E-state index contributed by atoms with van der Waals surface area (Å²) in [5, 5.41) is 4.89. The molecule has 0 saturated heterocycles. The summed E-state index contributed by atoms with van der Waals surface area (Å²) >= 11 is 5.36. The summed E-state index contributed by atoms with van der Waals surface area (Å²) in [6, 6.07) is -0.423. The number of carbonyl (C=O) groups is 2. The first kappa shape index (κ1) is 12.3. The summed E-state index contributed by atoms with van der Waals surface area (Å²) in [5.41, 5.74) is 0.341. The summed E-state index contributed by atoms with van der Waals surface area (Å²) in [6.07, 6.45) is 1.30. The van der Waals surface area contributed by atoms with Crippen LogP contribution in [0.2, 0.25) is 0 Å². The fourth-order valence-electron chi connectivity index (χ4n) is 1.46. The van der Waals surface area contributed by atoms with E-state index in [1.54, 1.807) is 0 Å². The second kappa shape index (κ2) is 4.84. The number of alkyl halides is 1. The molecule has 0 radical (unpaired) electrons. The van der Waals surface area contributed by atoms with Crippen molar-refractivity contribution in [2.24, 2.45) is 11.3 Å². The quantitative estimate of drug-likeness (QED) is 0.722. The summed E-state index contributed by atoms with van der Waals surface area (Å²) in [4.78, 5) is 22.2. The Morgan fingerprint density at radius 2 is 2.07 bits per heavy atom. The van der Waals surface area contributed by atoms with Gasteiger partial charge in [-0.3, -0.25) is 10.1 Å². The van der Waals surface area contributed by atoms with E-state index in [0.29, 0.717) is 17.9 Å². The molecule has 0 aromatic carbocycles. The lowest BCUT2D eigenvalue weighted by Gasteiger charge is -2.06. The zero-order chi connectivity index (χ0) is 11.5. The second-order valence-corrected chi connectivity index (χ2v) is 4.96. The van der Waals surface area contributed by atoms with Crippen LogP contribution < -0.4 is 10.6 Å². The van der Waals surface area contributed by atoms with Crippen LogP contribution in [0, 0.1) is 11.3 Å². The largest absolute Gasteiger partial charge is 0.337 e. The molecule has 1 saturated carbocycles. The smallest absolute Gasteiger partial charge is 0.321 e. The van der Waals surface area contributed by atoms with Crippen LogP contribution in [-0.4, -0.2) is 24.4 Å². The Morgan fingerprint density at radius 1 is 1.47 bits per heavy atom. The molecule has 2 N–H and O–H groups in total. The monoisotopic (exact) mass is 232 g/mol. The van der Waals surface area contributed by atoms with Gasteiger partial charge in [-0.1, -0.05) is 13.8 Å². The van der Waals surface area contributed by atoms with Gasteiger partial charge in [-0.25, -0.2) is 4.79 Å². The standard InChI is InChI=1S/C10H17ClN2O2/c1-10(2)5-7(10)6-12-9(15)13-8(14)3-4-11/h7H,3-6H2,1-2H3,(H2,12,13,14,15). The summed E-state index contributed by atoms with van der Waals surface area (Å²) in [7, 11) is 0. The van der Waals surface area contributed by atoms with Crippen LogP contribution >= 0.6 is 11.6 Å². The minimum absolute atomic E-state index is 0.171. The van der Waals surface area contributed by atoms with Gasteiger partial charge >= 0.3 is 6.03 Å².